The van der Waals surface area contributed by atoms with E-state index in [1.54, 1.807) is 13.3 Å². The maximum atomic E-state index is 12.6. The van der Waals surface area contributed by atoms with Crippen LogP contribution in [0, 0.1) is 0 Å². The maximum absolute atomic E-state index is 12.6. The van der Waals surface area contributed by atoms with Crippen molar-refractivity contribution in [2.45, 2.75) is 20.4 Å². The van der Waals surface area contributed by atoms with Crippen LogP contribution < -0.4 is 9.79 Å². The minimum Gasteiger partial charge on any atom is -0.631 e. The molecular formula is C25H33N4O3P+2. The fourth-order valence-corrected chi connectivity index (χ4v) is 5.14. The van der Waals surface area contributed by atoms with E-state index in [2.05, 4.69) is 76.0 Å². The normalized spacial score (nSPS) is 17.5. The van der Waals surface area contributed by atoms with Crippen LogP contribution in [-0.2, 0) is 15.6 Å². The monoisotopic (exact) mass is 468 g/mol. The predicted octanol–water partition coefficient (Wildman–Crippen LogP) is 2.66. The standard InChI is InChI=1S/C25H32N4O3P/c1-4-31-33(30,32-5-2)19-18-28-14-10-24(11-15-28)25-12-16-29(17-13-25)21-23-8-6-22(7-9-23)20-27-26-3/h6-17,20H,4-5,18-19,21H2,1-3H3/q+1/p+1. The Balaban J connectivity index is 1.53. The number of hydrogen-bond acceptors (Lipinski definition) is 5. The van der Waals surface area contributed by atoms with Gasteiger partial charge in [0.25, 0.3) is 0 Å². The summed E-state index contributed by atoms with van der Waals surface area (Å²) in [5.74, 6) is 0. The highest BCUT2D eigenvalue weighted by Crippen LogP contribution is 2.51. The quantitative estimate of drug-likeness (QED) is 0.248. The molecule has 1 aromatic rings. The van der Waals surface area contributed by atoms with Crippen LogP contribution in [-0.4, -0.2) is 48.9 Å². The van der Waals surface area contributed by atoms with Crippen LogP contribution in [0.25, 0.3) is 0 Å². The van der Waals surface area contributed by atoms with E-state index in [0.717, 1.165) is 28.2 Å². The SMILES string of the molecule is CCO[P+]([O-])(CC[NH+]1C=CC(=C2C=CN(Cc3ccc(C=[N+]=NC)cc3)C=C2)C=C1)OCC. The van der Waals surface area contributed by atoms with Crippen molar-refractivity contribution in [3.8, 4) is 0 Å². The molecule has 7 nitrogen and oxygen atoms in total. The van der Waals surface area contributed by atoms with Crippen LogP contribution in [0.15, 0.2) is 89.6 Å². The highest BCUT2D eigenvalue weighted by atomic mass is 31.2. The molecular weight excluding hydrogens is 435 g/mol. The molecule has 0 bridgehead atoms. The maximum Gasteiger partial charge on any atom is 0.337 e. The Morgan fingerprint density at radius 1 is 1.00 bits per heavy atom. The Morgan fingerprint density at radius 3 is 2.18 bits per heavy atom. The molecule has 2 aliphatic heterocycles. The second-order valence-corrected chi connectivity index (χ2v) is 9.75. The van der Waals surface area contributed by atoms with Gasteiger partial charge in [0.15, 0.2) is 6.16 Å². The van der Waals surface area contributed by atoms with Crippen molar-refractivity contribution in [3.63, 3.8) is 0 Å². The Bertz CT molecular complexity index is 967. The summed E-state index contributed by atoms with van der Waals surface area (Å²) in [6.45, 7) is 5.90. The van der Waals surface area contributed by atoms with Gasteiger partial charge in [-0.1, -0.05) is 12.1 Å². The molecule has 1 N–H and O–H groups in total. The molecule has 0 unspecified atom stereocenters. The van der Waals surface area contributed by atoms with Gasteiger partial charge in [0, 0.05) is 18.9 Å². The van der Waals surface area contributed by atoms with Crippen LogP contribution in [0.2, 0.25) is 0 Å². The van der Waals surface area contributed by atoms with E-state index in [-0.39, 0.29) is 0 Å². The van der Waals surface area contributed by atoms with E-state index in [1.807, 2.05) is 26.0 Å². The first-order valence-electron chi connectivity index (χ1n) is 11.2. The summed E-state index contributed by atoms with van der Waals surface area (Å²) < 4.78 is 10.8. The van der Waals surface area contributed by atoms with Crippen molar-refractivity contribution in [2.24, 2.45) is 5.11 Å². The zero-order valence-corrected chi connectivity index (χ0v) is 20.4. The van der Waals surface area contributed by atoms with Gasteiger partial charge < -0.3 is 9.79 Å². The van der Waals surface area contributed by atoms with Crippen LogP contribution in [0.3, 0.4) is 0 Å². The largest absolute Gasteiger partial charge is 0.631 e. The minimum absolute atomic E-state index is 0.389. The van der Waals surface area contributed by atoms with Crippen molar-refractivity contribution in [1.82, 2.24) is 4.90 Å². The molecule has 0 amide bonds. The molecule has 0 aromatic heterocycles. The Kier molecular flexibility index (Phi) is 9.52. The first-order valence-corrected chi connectivity index (χ1v) is 13.0. The fourth-order valence-electron chi connectivity index (χ4n) is 3.49. The third-order valence-electron chi connectivity index (χ3n) is 5.17. The molecule has 0 spiro atoms. The second kappa shape index (κ2) is 12.6. The van der Waals surface area contributed by atoms with Crippen LogP contribution in [0.1, 0.15) is 25.0 Å². The summed E-state index contributed by atoms with van der Waals surface area (Å²) in [6.07, 6.45) is 18.9. The summed E-state index contributed by atoms with van der Waals surface area (Å²) in [4.78, 5) is 19.8. The molecule has 0 fully saturated rings. The van der Waals surface area contributed by atoms with Gasteiger partial charge in [0.2, 0.25) is 7.94 Å². The molecule has 174 valence electrons. The lowest BCUT2D eigenvalue weighted by Gasteiger charge is -2.27. The van der Waals surface area contributed by atoms with Gasteiger partial charge in [-0.2, -0.15) is 0 Å². The zero-order valence-electron chi connectivity index (χ0n) is 19.6. The highest BCUT2D eigenvalue weighted by molar-refractivity contribution is 7.59. The van der Waals surface area contributed by atoms with Gasteiger partial charge in [-0.3, -0.25) is 4.90 Å². The first-order chi connectivity index (χ1) is 16.0. The van der Waals surface area contributed by atoms with Gasteiger partial charge >= 0.3 is 6.21 Å². The zero-order chi connectivity index (χ0) is 23.5. The van der Waals surface area contributed by atoms with Crippen molar-refractivity contribution < 1.29 is 23.6 Å². The van der Waals surface area contributed by atoms with E-state index >= 15 is 0 Å². The van der Waals surface area contributed by atoms with E-state index in [1.165, 1.54) is 5.56 Å². The topological polar surface area (TPSA) is 75.7 Å². The van der Waals surface area contributed by atoms with Crippen molar-refractivity contribution in [1.29, 1.82) is 0 Å². The van der Waals surface area contributed by atoms with Crippen molar-refractivity contribution >= 4 is 14.2 Å². The molecule has 1 aromatic carbocycles. The molecule has 0 atom stereocenters. The average Bonchev–Trinajstić information content (AvgIpc) is 2.84. The summed E-state index contributed by atoms with van der Waals surface area (Å²) in [7, 11) is -1.35. The summed E-state index contributed by atoms with van der Waals surface area (Å²) in [5.41, 5.74) is 4.56. The number of nitrogens with one attached hydrogen (secondary N) is 1. The van der Waals surface area contributed by atoms with Gasteiger partial charge in [0.05, 0.1) is 41.1 Å². The Morgan fingerprint density at radius 2 is 1.61 bits per heavy atom. The summed E-state index contributed by atoms with van der Waals surface area (Å²) in [6, 6.07) is 8.30. The highest BCUT2D eigenvalue weighted by Gasteiger charge is 2.30. The van der Waals surface area contributed by atoms with Gasteiger partial charge in [-0.05, 0) is 67.0 Å². The Labute approximate surface area is 197 Å². The molecule has 0 saturated heterocycles. The van der Waals surface area contributed by atoms with Crippen LogP contribution in [0.5, 0.6) is 0 Å². The molecule has 3 rings (SSSR count). The van der Waals surface area contributed by atoms with Gasteiger partial charge in [0.1, 0.15) is 13.6 Å². The van der Waals surface area contributed by atoms with Gasteiger partial charge in [-0.15, -0.1) is 0 Å². The number of benzene rings is 1. The van der Waals surface area contributed by atoms with E-state index in [0.29, 0.717) is 25.9 Å². The summed E-state index contributed by atoms with van der Waals surface area (Å²) >= 11 is 0. The number of allylic oxidation sites excluding steroid dienone is 6. The lowest BCUT2D eigenvalue weighted by molar-refractivity contribution is -0.788. The minimum atomic E-state index is -3.01. The number of quaternary nitrogens is 1. The number of hydrogen-bond donors (Lipinski definition) is 1. The molecule has 2 aliphatic rings. The first kappa shape index (κ1) is 25.0. The summed E-state index contributed by atoms with van der Waals surface area (Å²) in [5, 5.41) is 3.74. The molecule has 0 saturated carbocycles. The predicted molar refractivity (Wildman–Crippen MR) is 130 cm³/mol. The molecule has 2 heterocycles. The lowest BCUT2D eigenvalue weighted by atomic mass is 10.0. The Hall–Kier alpha value is -2.63. The van der Waals surface area contributed by atoms with Gasteiger partial charge in [-0.25, -0.2) is 9.05 Å². The average molecular weight is 469 g/mol. The lowest BCUT2D eigenvalue weighted by Crippen LogP contribution is -3.03. The fraction of sp³-hybridized carbons (Fsp3) is 0.320. The number of nitrogens with zero attached hydrogens (tertiary/aromatic N) is 3. The molecule has 8 heteroatoms. The van der Waals surface area contributed by atoms with E-state index in [9.17, 15) is 4.89 Å². The van der Waals surface area contributed by atoms with Crippen LogP contribution in [0.4, 0.5) is 0 Å². The smallest absolute Gasteiger partial charge is 0.337 e. The second-order valence-electron chi connectivity index (χ2n) is 7.56. The van der Waals surface area contributed by atoms with Crippen molar-refractivity contribution in [3.05, 3.63) is 95.6 Å². The third-order valence-corrected chi connectivity index (χ3v) is 7.25. The van der Waals surface area contributed by atoms with E-state index < -0.39 is 7.94 Å². The molecule has 0 radical (unpaired) electrons. The molecule has 0 aliphatic carbocycles. The van der Waals surface area contributed by atoms with Crippen LogP contribution >= 0.6 is 7.94 Å². The third kappa shape index (κ3) is 7.72. The van der Waals surface area contributed by atoms with E-state index in [4.69, 9.17) is 9.05 Å². The number of rotatable bonds is 10. The molecule has 33 heavy (non-hydrogen) atoms. The van der Waals surface area contributed by atoms with Crippen molar-refractivity contribution in [2.75, 3.05) is 33.0 Å².